The molecule has 166 valence electrons. The number of carbonyl (C=O) groups excluding carboxylic acids is 2. The standard InChI is InChI=1S/C22H25ClN2O6/c1-3-9-24(17-12(2)5-4-6-13(17)23)20(28)18-22-8-7-14(31-22)15(21(29)30)16(22)19(27)25(18)10-11-26/h3-6,14-16,18,26H,1,7-11H2,2H3,(H,29,30)/t14-,15+,16-,18?,22?/m0/s1. The van der Waals surface area contributed by atoms with Crippen molar-refractivity contribution in [2.75, 3.05) is 24.6 Å². The Morgan fingerprint density at radius 3 is 2.81 bits per heavy atom. The van der Waals surface area contributed by atoms with E-state index in [1.54, 1.807) is 18.2 Å². The average Bonchev–Trinajstić information content (AvgIpc) is 3.35. The summed E-state index contributed by atoms with van der Waals surface area (Å²) in [5.41, 5.74) is 0.0496. The Labute approximate surface area is 185 Å². The number of β-amino-alcohol motifs (C(OH)–C–C–N with tert-alkyl or cyclic N) is 1. The van der Waals surface area contributed by atoms with Crippen molar-refractivity contribution >= 4 is 35.1 Å². The topological polar surface area (TPSA) is 107 Å². The van der Waals surface area contributed by atoms with Gasteiger partial charge in [-0.05, 0) is 31.4 Å². The predicted octanol–water partition coefficient (Wildman–Crippen LogP) is 1.62. The minimum atomic E-state index is -1.23. The number of hydrogen-bond acceptors (Lipinski definition) is 5. The maximum Gasteiger partial charge on any atom is 0.310 e. The fraction of sp³-hybridized carbons (Fsp3) is 0.500. The Morgan fingerprint density at radius 1 is 1.45 bits per heavy atom. The summed E-state index contributed by atoms with van der Waals surface area (Å²) >= 11 is 6.43. The summed E-state index contributed by atoms with van der Waals surface area (Å²) in [7, 11) is 0. The Hall–Kier alpha value is -2.42. The second-order valence-electron chi connectivity index (χ2n) is 8.29. The van der Waals surface area contributed by atoms with Crippen LogP contribution >= 0.6 is 11.6 Å². The van der Waals surface area contributed by atoms with E-state index in [-0.39, 0.29) is 19.7 Å². The second-order valence-corrected chi connectivity index (χ2v) is 8.70. The molecule has 2 unspecified atom stereocenters. The van der Waals surface area contributed by atoms with Crippen LogP contribution in [0.25, 0.3) is 0 Å². The quantitative estimate of drug-likeness (QED) is 0.614. The summed E-state index contributed by atoms with van der Waals surface area (Å²) in [5, 5.41) is 19.7. The first-order valence-corrected chi connectivity index (χ1v) is 10.7. The number of carboxylic acids is 1. The minimum absolute atomic E-state index is 0.0860. The number of ether oxygens (including phenoxy) is 1. The summed E-state index contributed by atoms with van der Waals surface area (Å²) in [6.45, 7) is 5.28. The molecule has 5 atom stereocenters. The molecule has 0 saturated carbocycles. The van der Waals surface area contributed by atoms with Gasteiger partial charge in [-0.3, -0.25) is 14.4 Å². The highest BCUT2D eigenvalue weighted by Gasteiger charge is 2.74. The zero-order valence-corrected chi connectivity index (χ0v) is 17.9. The van der Waals surface area contributed by atoms with Gasteiger partial charge in [-0.2, -0.15) is 0 Å². The number of aryl methyl sites for hydroxylation is 1. The fourth-order valence-electron chi connectivity index (χ4n) is 5.60. The van der Waals surface area contributed by atoms with Gasteiger partial charge in [0.05, 0.1) is 35.3 Å². The number of carbonyl (C=O) groups is 3. The second kappa shape index (κ2) is 7.93. The molecule has 3 aliphatic heterocycles. The van der Waals surface area contributed by atoms with Gasteiger partial charge in [-0.15, -0.1) is 6.58 Å². The molecule has 1 aromatic rings. The molecule has 3 heterocycles. The molecule has 2 amide bonds. The van der Waals surface area contributed by atoms with Gasteiger partial charge in [0.1, 0.15) is 11.6 Å². The number of likely N-dealkylation sites (tertiary alicyclic amines) is 1. The number of para-hydroxylation sites is 1. The lowest BCUT2D eigenvalue weighted by Gasteiger charge is -2.37. The number of amides is 2. The molecule has 1 aromatic carbocycles. The van der Waals surface area contributed by atoms with Crippen molar-refractivity contribution in [3.8, 4) is 0 Å². The van der Waals surface area contributed by atoms with E-state index in [0.717, 1.165) is 5.56 Å². The molecule has 1 spiro atoms. The van der Waals surface area contributed by atoms with E-state index in [2.05, 4.69) is 6.58 Å². The van der Waals surface area contributed by atoms with E-state index in [1.807, 2.05) is 13.0 Å². The van der Waals surface area contributed by atoms with E-state index in [4.69, 9.17) is 16.3 Å². The van der Waals surface area contributed by atoms with Gasteiger partial charge in [0.2, 0.25) is 5.91 Å². The number of anilines is 1. The van der Waals surface area contributed by atoms with Crippen LogP contribution in [-0.2, 0) is 19.1 Å². The van der Waals surface area contributed by atoms with Crippen LogP contribution in [0.1, 0.15) is 18.4 Å². The number of nitrogens with zero attached hydrogens (tertiary/aromatic N) is 2. The van der Waals surface area contributed by atoms with Crippen LogP contribution in [0.3, 0.4) is 0 Å². The fourth-order valence-corrected chi connectivity index (χ4v) is 5.92. The largest absolute Gasteiger partial charge is 0.481 e. The lowest BCUT2D eigenvalue weighted by atomic mass is 9.70. The average molecular weight is 449 g/mol. The molecule has 4 rings (SSSR count). The van der Waals surface area contributed by atoms with Gasteiger partial charge >= 0.3 is 5.97 Å². The molecule has 0 aliphatic carbocycles. The number of aliphatic hydroxyl groups is 1. The molecule has 0 radical (unpaired) electrons. The highest BCUT2D eigenvalue weighted by Crippen LogP contribution is 2.58. The van der Waals surface area contributed by atoms with Crippen LogP contribution in [0.2, 0.25) is 5.02 Å². The van der Waals surface area contributed by atoms with Crippen molar-refractivity contribution in [2.24, 2.45) is 11.8 Å². The molecule has 9 heteroatoms. The third-order valence-electron chi connectivity index (χ3n) is 6.70. The number of aliphatic carboxylic acids is 1. The molecule has 8 nitrogen and oxygen atoms in total. The molecule has 3 aliphatic rings. The number of halogens is 1. The minimum Gasteiger partial charge on any atom is -0.481 e. The number of hydrogen-bond donors (Lipinski definition) is 2. The number of carboxylic acid groups (broad SMARTS) is 1. The molecule has 2 bridgehead atoms. The lowest BCUT2D eigenvalue weighted by Crippen LogP contribution is -2.57. The van der Waals surface area contributed by atoms with Crippen LogP contribution < -0.4 is 4.90 Å². The van der Waals surface area contributed by atoms with Gasteiger partial charge < -0.3 is 24.7 Å². The Kier molecular flexibility index (Phi) is 5.57. The summed E-state index contributed by atoms with van der Waals surface area (Å²) in [6, 6.07) is 4.23. The Balaban J connectivity index is 1.82. The van der Waals surface area contributed by atoms with Crippen LogP contribution in [0, 0.1) is 18.8 Å². The van der Waals surface area contributed by atoms with E-state index < -0.39 is 47.4 Å². The van der Waals surface area contributed by atoms with Crippen molar-refractivity contribution in [2.45, 2.75) is 37.5 Å². The highest BCUT2D eigenvalue weighted by atomic mass is 35.5. The van der Waals surface area contributed by atoms with Gasteiger partial charge in [-0.25, -0.2) is 0 Å². The lowest BCUT2D eigenvalue weighted by molar-refractivity contribution is -0.149. The Morgan fingerprint density at radius 2 is 2.19 bits per heavy atom. The summed E-state index contributed by atoms with van der Waals surface area (Å²) in [6.07, 6.45) is 1.83. The van der Waals surface area contributed by atoms with Gasteiger partial charge in [-0.1, -0.05) is 29.8 Å². The molecule has 3 saturated heterocycles. The first-order valence-electron chi connectivity index (χ1n) is 10.3. The zero-order chi connectivity index (χ0) is 22.5. The zero-order valence-electron chi connectivity index (χ0n) is 17.2. The van der Waals surface area contributed by atoms with Gasteiger partial charge in [0.15, 0.2) is 0 Å². The third-order valence-corrected chi connectivity index (χ3v) is 7.00. The number of rotatable bonds is 7. The number of aliphatic hydroxyl groups excluding tert-OH is 1. The van der Waals surface area contributed by atoms with Crippen molar-refractivity contribution in [1.82, 2.24) is 4.90 Å². The van der Waals surface area contributed by atoms with Crippen molar-refractivity contribution < 1.29 is 29.3 Å². The Bertz CT molecular complexity index is 932. The number of benzene rings is 1. The van der Waals surface area contributed by atoms with E-state index in [0.29, 0.717) is 23.6 Å². The van der Waals surface area contributed by atoms with Crippen LogP contribution in [0.15, 0.2) is 30.9 Å². The molecular weight excluding hydrogens is 424 g/mol. The highest BCUT2D eigenvalue weighted by molar-refractivity contribution is 6.34. The normalized spacial score (nSPS) is 31.1. The molecule has 3 fully saturated rings. The summed E-state index contributed by atoms with van der Waals surface area (Å²) in [4.78, 5) is 42.0. The molecular formula is C22H25ClN2O6. The van der Waals surface area contributed by atoms with Crippen molar-refractivity contribution in [3.63, 3.8) is 0 Å². The van der Waals surface area contributed by atoms with Gasteiger partial charge in [0.25, 0.3) is 5.91 Å². The molecule has 2 N–H and O–H groups in total. The van der Waals surface area contributed by atoms with E-state index in [9.17, 15) is 24.6 Å². The maximum atomic E-state index is 14.0. The van der Waals surface area contributed by atoms with Crippen LogP contribution in [-0.4, -0.2) is 70.3 Å². The van der Waals surface area contributed by atoms with Crippen molar-refractivity contribution in [3.05, 3.63) is 41.4 Å². The first-order chi connectivity index (χ1) is 14.8. The van der Waals surface area contributed by atoms with Crippen molar-refractivity contribution in [1.29, 1.82) is 0 Å². The van der Waals surface area contributed by atoms with E-state index >= 15 is 0 Å². The summed E-state index contributed by atoms with van der Waals surface area (Å²) in [5.74, 6) is -3.95. The van der Waals surface area contributed by atoms with Crippen LogP contribution in [0.5, 0.6) is 0 Å². The predicted molar refractivity (Wildman–Crippen MR) is 113 cm³/mol. The van der Waals surface area contributed by atoms with Gasteiger partial charge in [0, 0.05) is 13.1 Å². The molecule has 31 heavy (non-hydrogen) atoms. The smallest absolute Gasteiger partial charge is 0.310 e. The first kappa shape index (κ1) is 21.8. The summed E-state index contributed by atoms with van der Waals surface area (Å²) < 4.78 is 6.13. The number of fused-ring (bicyclic) bond motifs is 1. The maximum absolute atomic E-state index is 14.0. The monoisotopic (exact) mass is 448 g/mol. The van der Waals surface area contributed by atoms with E-state index in [1.165, 1.54) is 9.80 Å². The van der Waals surface area contributed by atoms with Crippen LogP contribution in [0.4, 0.5) is 5.69 Å². The third kappa shape index (κ3) is 3.08. The molecule has 0 aromatic heterocycles. The SMILES string of the molecule is C=CCN(C(=O)C1N(CCO)C(=O)[C@@H]2[C@H](C(=O)O)[C@@H]3CCC12O3)c1c(C)cccc1Cl.